The number of ether oxygens (including phenoxy) is 1. The Morgan fingerprint density at radius 2 is 2.00 bits per heavy atom. The van der Waals surface area contributed by atoms with Crippen molar-refractivity contribution >= 4 is 16.9 Å². The largest absolute Gasteiger partial charge is 0.497 e. The number of methoxy groups -OCH3 is 1. The normalized spacial score (nSPS) is 22.0. The summed E-state index contributed by atoms with van der Waals surface area (Å²) in [4.78, 5) is 25.0. The molecule has 1 aliphatic carbocycles. The molecule has 3 atom stereocenters. The standard InChI is InChI=1S/C22H19FN6O2/c1-31-14-3-4-16-17(11-14)27-21(26-16)20-9-12-8-19(12)28(20)22(30)15-10-13(23)2-5-18(15)29-24-6-7-25-29/h2-7,10-12,19-20H,8-9H2,1H3,(H,26,27)/t12-,19?,20+/m1/s1. The van der Waals surface area contributed by atoms with E-state index in [4.69, 9.17) is 9.72 Å². The van der Waals surface area contributed by atoms with Crippen LogP contribution in [0.3, 0.4) is 0 Å². The zero-order valence-corrected chi connectivity index (χ0v) is 16.7. The van der Waals surface area contributed by atoms with Crippen molar-refractivity contribution in [3.8, 4) is 11.4 Å². The van der Waals surface area contributed by atoms with E-state index in [1.807, 2.05) is 23.1 Å². The van der Waals surface area contributed by atoms with E-state index in [0.717, 1.165) is 35.4 Å². The fourth-order valence-corrected chi connectivity index (χ4v) is 4.62. The predicted molar refractivity (Wildman–Crippen MR) is 109 cm³/mol. The number of amides is 1. The Morgan fingerprint density at radius 3 is 2.81 bits per heavy atom. The van der Waals surface area contributed by atoms with Crippen LogP contribution in [0.25, 0.3) is 16.7 Å². The lowest BCUT2D eigenvalue weighted by Gasteiger charge is -2.27. The van der Waals surface area contributed by atoms with E-state index in [1.54, 1.807) is 7.11 Å². The van der Waals surface area contributed by atoms with E-state index >= 15 is 0 Å². The topological polar surface area (TPSA) is 88.9 Å². The number of fused-ring (bicyclic) bond motifs is 2. The molecule has 1 saturated carbocycles. The van der Waals surface area contributed by atoms with E-state index in [-0.39, 0.29) is 23.6 Å². The van der Waals surface area contributed by atoms with Gasteiger partial charge in [-0.3, -0.25) is 4.79 Å². The van der Waals surface area contributed by atoms with Crippen molar-refractivity contribution < 1.29 is 13.9 Å². The van der Waals surface area contributed by atoms with Crippen molar-refractivity contribution in [1.82, 2.24) is 29.9 Å². The Hall–Kier alpha value is -3.75. The Labute approximate surface area is 176 Å². The van der Waals surface area contributed by atoms with Gasteiger partial charge in [0.25, 0.3) is 5.91 Å². The van der Waals surface area contributed by atoms with E-state index in [0.29, 0.717) is 11.6 Å². The van der Waals surface area contributed by atoms with Crippen LogP contribution in [0.2, 0.25) is 0 Å². The van der Waals surface area contributed by atoms with Gasteiger partial charge in [0.05, 0.1) is 47.8 Å². The molecule has 156 valence electrons. The van der Waals surface area contributed by atoms with Gasteiger partial charge in [-0.15, -0.1) is 0 Å². The summed E-state index contributed by atoms with van der Waals surface area (Å²) in [6.45, 7) is 0. The monoisotopic (exact) mass is 418 g/mol. The number of H-pyrrole nitrogens is 1. The van der Waals surface area contributed by atoms with Gasteiger partial charge in [0.2, 0.25) is 0 Å². The molecule has 0 spiro atoms. The number of nitrogens with zero attached hydrogens (tertiary/aromatic N) is 5. The van der Waals surface area contributed by atoms with Gasteiger partial charge in [0.1, 0.15) is 17.4 Å². The van der Waals surface area contributed by atoms with E-state index < -0.39 is 5.82 Å². The number of benzene rings is 2. The molecule has 2 aromatic heterocycles. The van der Waals surface area contributed by atoms with Crippen molar-refractivity contribution in [3.05, 3.63) is 66.0 Å². The smallest absolute Gasteiger partial charge is 0.257 e. The number of aromatic amines is 1. The minimum atomic E-state index is -0.474. The summed E-state index contributed by atoms with van der Waals surface area (Å²) in [6.07, 6.45) is 4.84. The van der Waals surface area contributed by atoms with Gasteiger partial charge < -0.3 is 14.6 Å². The molecule has 2 aromatic carbocycles. The Kier molecular flexibility index (Phi) is 3.86. The predicted octanol–water partition coefficient (Wildman–Crippen LogP) is 3.27. The lowest BCUT2D eigenvalue weighted by atomic mass is 10.1. The van der Waals surface area contributed by atoms with Gasteiger partial charge in [-0.25, -0.2) is 9.37 Å². The zero-order chi connectivity index (χ0) is 21.1. The van der Waals surface area contributed by atoms with Crippen molar-refractivity contribution in [3.63, 3.8) is 0 Å². The number of carbonyl (C=O) groups is 1. The fraction of sp³-hybridized carbons (Fsp3) is 0.273. The van der Waals surface area contributed by atoms with E-state index in [2.05, 4.69) is 15.2 Å². The molecule has 3 heterocycles. The van der Waals surface area contributed by atoms with Crippen LogP contribution in [0.1, 0.15) is 35.1 Å². The summed E-state index contributed by atoms with van der Waals surface area (Å²) in [5.41, 5.74) is 2.37. The number of nitrogens with one attached hydrogen (secondary N) is 1. The van der Waals surface area contributed by atoms with Crippen LogP contribution in [0.4, 0.5) is 4.39 Å². The SMILES string of the molecule is COc1ccc2nc([C@@H]3C[C@H]4CC4N3C(=O)c3cc(F)ccc3-n3nccn3)[nH]c2c1. The number of likely N-dealkylation sites (tertiary alicyclic amines) is 1. The molecule has 0 bridgehead atoms. The van der Waals surface area contributed by atoms with Crippen molar-refractivity contribution in [2.75, 3.05) is 7.11 Å². The maximum atomic E-state index is 14.1. The highest BCUT2D eigenvalue weighted by atomic mass is 19.1. The molecule has 1 saturated heterocycles. The summed E-state index contributed by atoms with van der Waals surface area (Å²) < 4.78 is 19.4. The van der Waals surface area contributed by atoms with Crippen LogP contribution in [-0.2, 0) is 0 Å². The first kappa shape index (κ1) is 18.1. The van der Waals surface area contributed by atoms with Crippen LogP contribution in [0.15, 0.2) is 48.8 Å². The number of imidazole rings is 1. The maximum Gasteiger partial charge on any atom is 0.257 e. The lowest BCUT2D eigenvalue weighted by Crippen LogP contribution is -2.35. The lowest BCUT2D eigenvalue weighted by molar-refractivity contribution is 0.0692. The first-order valence-electron chi connectivity index (χ1n) is 10.1. The van der Waals surface area contributed by atoms with Crippen molar-refractivity contribution in [2.24, 2.45) is 5.92 Å². The van der Waals surface area contributed by atoms with Crippen molar-refractivity contribution in [2.45, 2.75) is 24.9 Å². The van der Waals surface area contributed by atoms with Crippen LogP contribution in [-0.4, -0.2) is 48.9 Å². The first-order chi connectivity index (χ1) is 15.1. The highest BCUT2D eigenvalue weighted by Crippen LogP contribution is 2.53. The average Bonchev–Trinajstić information content (AvgIpc) is 3.19. The third kappa shape index (κ3) is 2.88. The minimum absolute atomic E-state index is 0.141. The molecule has 31 heavy (non-hydrogen) atoms. The quantitative estimate of drug-likeness (QED) is 0.550. The van der Waals surface area contributed by atoms with Crippen LogP contribution >= 0.6 is 0 Å². The summed E-state index contributed by atoms with van der Waals surface area (Å²) in [5, 5.41) is 8.24. The van der Waals surface area contributed by atoms with E-state index in [9.17, 15) is 9.18 Å². The minimum Gasteiger partial charge on any atom is -0.497 e. The molecular weight excluding hydrogens is 399 g/mol. The fourth-order valence-electron chi connectivity index (χ4n) is 4.62. The molecule has 2 fully saturated rings. The van der Waals surface area contributed by atoms with Gasteiger partial charge in [0, 0.05) is 12.1 Å². The van der Waals surface area contributed by atoms with Crippen LogP contribution in [0.5, 0.6) is 5.75 Å². The third-order valence-electron chi connectivity index (χ3n) is 6.19. The summed E-state index contributed by atoms with van der Waals surface area (Å²) in [6, 6.07) is 9.69. The summed E-state index contributed by atoms with van der Waals surface area (Å²) in [7, 11) is 1.62. The van der Waals surface area contributed by atoms with E-state index in [1.165, 1.54) is 35.4 Å². The number of hydrogen-bond acceptors (Lipinski definition) is 5. The second kappa shape index (κ2) is 6.63. The Morgan fingerprint density at radius 1 is 1.16 bits per heavy atom. The van der Waals surface area contributed by atoms with Gasteiger partial charge >= 0.3 is 0 Å². The average molecular weight is 418 g/mol. The van der Waals surface area contributed by atoms with Crippen LogP contribution < -0.4 is 4.74 Å². The third-order valence-corrected chi connectivity index (χ3v) is 6.19. The summed E-state index contributed by atoms with van der Waals surface area (Å²) >= 11 is 0. The second-order valence-electron chi connectivity index (χ2n) is 8.01. The maximum absolute atomic E-state index is 14.1. The second-order valence-corrected chi connectivity index (χ2v) is 8.01. The molecule has 1 amide bonds. The molecule has 9 heteroatoms. The van der Waals surface area contributed by atoms with Gasteiger partial charge in [-0.1, -0.05) is 0 Å². The molecular formula is C22H19FN6O2. The molecule has 6 rings (SSSR count). The molecule has 1 unspecified atom stereocenters. The highest BCUT2D eigenvalue weighted by Gasteiger charge is 2.55. The van der Waals surface area contributed by atoms with Gasteiger partial charge in [0.15, 0.2) is 0 Å². The number of piperidine rings is 1. The van der Waals surface area contributed by atoms with Gasteiger partial charge in [-0.05, 0) is 49.1 Å². The molecule has 1 N–H and O–H groups in total. The number of aromatic nitrogens is 5. The molecule has 4 aromatic rings. The first-order valence-corrected chi connectivity index (χ1v) is 10.1. The summed E-state index contributed by atoms with van der Waals surface area (Å²) in [5.74, 6) is 1.20. The number of halogens is 1. The molecule has 1 aliphatic heterocycles. The molecule has 2 aliphatic rings. The van der Waals surface area contributed by atoms with Crippen LogP contribution in [0, 0.1) is 11.7 Å². The Bertz CT molecular complexity index is 1300. The van der Waals surface area contributed by atoms with Crippen molar-refractivity contribution in [1.29, 1.82) is 0 Å². The number of rotatable bonds is 4. The zero-order valence-electron chi connectivity index (χ0n) is 16.7. The molecule has 8 nitrogen and oxygen atoms in total. The number of carbonyl (C=O) groups excluding carboxylic acids is 1. The molecule has 0 radical (unpaired) electrons. The Balaban J connectivity index is 1.40. The van der Waals surface area contributed by atoms with Gasteiger partial charge in [-0.2, -0.15) is 15.0 Å². The highest BCUT2D eigenvalue weighted by molar-refractivity contribution is 5.98. The number of hydrogen-bond donors (Lipinski definition) is 1.